The predicted octanol–water partition coefficient (Wildman–Crippen LogP) is 4.21. The molecule has 7 rings (SSSR count). The quantitative estimate of drug-likeness (QED) is 0.284. The van der Waals surface area contributed by atoms with Crippen LogP contribution in [0.4, 0.5) is 5.69 Å². The van der Waals surface area contributed by atoms with Crippen LogP contribution in [0.5, 0.6) is 5.75 Å². The van der Waals surface area contributed by atoms with E-state index in [0.29, 0.717) is 28.8 Å². The van der Waals surface area contributed by atoms with E-state index < -0.39 is 0 Å². The first kappa shape index (κ1) is 19.9. The molecule has 2 saturated carbocycles. The van der Waals surface area contributed by atoms with Crippen LogP contribution in [0.2, 0.25) is 10.2 Å². The lowest BCUT2D eigenvalue weighted by Crippen LogP contribution is -2.40. The topological polar surface area (TPSA) is 76.6 Å². The van der Waals surface area contributed by atoms with Crippen molar-refractivity contribution in [3.63, 3.8) is 0 Å². The van der Waals surface area contributed by atoms with Gasteiger partial charge in [0.25, 0.3) is 0 Å². The van der Waals surface area contributed by atoms with Gasteiger partial charge < -0.3 is 4.74 Å². The molecule has 4 aliphatic carbocycles. The van der Waals surface area contributed by atoms with Crippen molar-refractivity contribution in [1.82, 2.24) is 4.98 Å². The lowest BCUT2D eigenvalue weighted by Gasteiger charge is -2.37. The molecule has 2 heterocycles. The number of imide groups is 1. The number of allylic oxidation sites excluding steroid dienone is 2. The number of hydrogen-bond donors (Lipinski definition) is 0. The van der Waals surface area contributed by atoms with Gasteiger partial charge in [-0.3, -0.25) is 19.3 Å². The Labute approximate surface area is 194 Å². The molecule has 1 aromatic carbocycles. The van der Waals surface area contributed by atoms with Crippen LogP contribution < -0.4 is 9.64 Å². The van der Waals surface area contributed by atoms with Crippen molar-refractivity contribution in [2.75, 3.05) is 11.5 Å². The van der Waals surface area contributed by atoms with E-state index in [1.165, 1.54) is 17.2 Å². The molecule has 0 N–H and O–H groups in total. The normalized spacial score (nSPS) is 31.5. The number of amides is 2. The third-order valence-electron chi connectivity index (χ3n) is 7.25. The minimum atomic E-state index is -0.296. The number of ether oxygens (including phenoxy) is 1. The first-order valence-electron chi connectivity index (χ1n) is 10.6. The molecule has 3 fully saturated rings. The second-order valence-corrected chi connectivity index (χ2v) is 9.63. The molecule has 1 aliphatic heterocycles. The fraction of sp³-hybridized carbons (Fsp3) is 0.333. The molecule has 2 aromatic rings. The van der Waals surface area contributed by atoms with Crippen LogP contribution in [0.25, 0.3) is 0 Å². The Balaban J connectivity index is 1.15. The summed E-state index contributed by atoms with van der Waals surface area (Å²) in [5, 5.41) is 0.328. The summed E-state index contributed by atoms with van der Waals surface area (Å²) in [7, 11) is 0. The molecule has 6 nitrogen and oxygen atoms in total. The highest BCUT2D eigenvalue weighted by molar-refractivity contribution is 6.41. The smallest absolute Gasteiger partial charge is 0.238 e. The van der Waals surface area contributed by atoms with Crippen molar-refractivity contribution < 1.29 is 19.1 Å². The number of Topliss-reactive ketones (excluding diaryl/α,β-unsaturated/α-hetero) is 1. The molecule has 32 heavy (non-hydrogen) atoms. The van der Waals surface area contributed by atoms with Crippen molar-refractivity contribution in [2.45, 2.75) is 6.42 Å². The summed E-state index contributed by atoms with van der Waals surface area (Å²) < 4.78 is 5.57. The zero-order chi connectivity index (χ0) is 22.1. The van der Waals surface area contributed by atoms with E-state index in [1.807, 2.05) is 0 Å². The Morgan fingerprint density at radius 2 is 1.66 bits per heavy atom. The fourth-order valence-corrected chi connectivity index (χ4v) is 5.98. The van der Waals surface area contributed by atoms with Gasteiger partial charge in [-0.1, -0.05) is 35.4 Å². The van der Waals surface area contributed by atoms with Crippen LogP contribution in [-0.2, 0) is 9.59 Å². The van der Waals surface area contributed by atoms with E-state index in [0.717, 1.165) is 6.42 Å². The van der Waals surface area contributed by atoms with Crippen LogP contribution in [0, 0.1) is 35.5 Å². The predicted molar refractivity (Wildman–Crippen MR) is 118 cm³/mol. The fourth-order valence-electron chi connectivity index (χ4n) is 5.71. The van der Waals surface area contributed by atoms with Crippen molar-refractivity contribution in [3.8, 4) is 5.75 Å². The number of ketones is 1. The van der Waals surface area contributed by atoms with Crippen molar-refractivity contribution >= 4 is 46.5 Å². The molecular weight excluding hydrogens is 451 g/mol. The van der Waals surface area contributed by atoms with Crippen LogP contribution >= 0.6 is 23.2 Å². The van der Waals surface area contributed by atoms with Gasteiger partial charge in [-0.05, 0) is 60.4 Å². The van der Waals surface area contributed by atoms with Gasteiger partial charge in [0.15, 0.2) is 6.61 Å². The van der Waals surface area contributed by atoms with Gasteiger partial charge >= 0.3 is 0 Å². The highest BCUT2D eigenvalue weighted by atomic mass is 35.5. The molecule has 1 saturated heterocycles. The zero-order valence-electron chi connectivity index (χ0n) is 16.8. The SMILES string of the molecule is O=C(COc1ccc(N2C(=O)C3C(C2=O)[C@@H]2C=CC3[C@H]3CC23)cc1)c1cnc(Cl)c(Cl)c1. The summed E-state index contributed by atoms with van der Waals surface area (Å²) in [5.41, 5.74) is 0.836. The van der Waals surface area contributed by atoms with Crippen molar-refractivity contribution in [1.29, 1.82) is 0 Å². The second-order valence-electron chi connectivity index (χ2n) is 8.87. The van der Waals surface area contributed by atoms with Gasteiger partial charge in [0, 0.05) is 11.8 Å². The van der Waals surface area contributed by atoms with Crippen molar-refractivity contribution in [2.24, 2.45) is 35.5 Å². The Bertz CT molecular complexity index is 1160. The molecule has 0 spiro atoms. The summed E-state index contributed by atoms with van der Waals surface area (Å²) in [4.78, 5) is 43.9. The van der Waals surface area contributed by atoms with Crippen LogP contribution in [-0.4, -0.2) is 29.2 Å². The molecule has 0 radical (unpaired) electrons. The molecule has 6 atom stereocenters. The number of nitrogens with zero attached hydrogens (tertiary/aromatic N) is 2. The highest BCUT2D eigenvalue weighted by Crippen LogP contribution is 2.65. The number of rotatable bonds is 5. The molecule has 2 bridgehead atoms. The zero-order valence-corrected chi connectivity index (χ0v) is 18.3. The summed E-state index contributed by atoms with van der Waals surface area (Å²) in [5.74, 6) is 1.04. The number of benzene rings is 1. The van der Waals surface area contributed by atoms with Crippen LogP contribution in [0.1, 0.15) is 16.8 Å². The minimum Gasteiger partial charge on any atom is -0.485 e. The Kier molecular flexibility index (Phi) is 4.46. The van der Waals surface area contributed by atoms with E-state index in [9.17, 15) is 14.4 Å². The van der Waals surface area contributed by atoms with Gasteiger partial charge in [-0.15, -0.1) is 0 Å². The number of halogens is 2. The van der Waals surface area contributed by atoms with E-state index in [4.69, 9.17) is 27.9 Å². The van der Waals surface area contributed by atoms with Gasteiger partial charge in [0.2, 0.25) is 17.6 Å². The second kappa shape index (κ2) is 7.15. The standard InChI is InChI=1S/C24H18Cl2N2O4/c25-18-7-11(9-27-22(18)26)19(29)10-32-13-3-1-12(2-4-13)28-23(30)20-14-5-6-15(17-8-16(14)17)21(20)24(28)31/h1-7,9,14-17,20-21H,8,10H2/t14-,15?,16?,17-,20?,21?/m1/s1. The van der Waals surface area contributed by atoms with Gasteiger partial charge in [0.05, 0.1) is 22.5 Å². The van der Waals surface area contributed by atoms with Gasteiger partial charge in [0.1, 0.15) is 10.9 Å². The summed E-state index contributed by atoms with van der Waals surface area (Å²) in [6, 6.07) is 8.13. The number of aromatic nitrogens is 1. The van der Waals surface area contributed by atoms with Crippen LogP contribution in [0.3, 0.4) is 0 Å². The Hall–Kier alpha value is -2.70. The lowest BCUT2D eigenvalue weighted by atomic mass is 9.63. The van der Waals surface area contributed by atoms with Gasteiger partial charge in [-0.2, -0.15) is 0 Å². The number of anilines is 1. The molecular formula is C24H18Cl2N2O4. The molecule has 1 aromatic heterocycles. The average Bonchev–Trinajstić information content (AvgIpc) is 3.58. The third kappa shape index (κ3) is 2.93. The Morgan fingerprint density at radius 1 is 1.03 bits per heavy atom. The van der Waals surface area contributed by atoms with E-state index >= 15 is 0 Å². The largest absolute Gasteiger partial charge is 0.485 e. The highest BCUT2D eigenvalue weighted by Gasteiger charge is 2.67. The summed E-state index contributed by atoms with van der Waals surface area (Å²) in [6.07, 6.45) is 6.80. The van der Waals surface area contributed by atoms with Gasteiger partial charge in [-0.25, -0.2) is 4.98 Å². The number of pyridine rings is 1. The maximum Gasteiger partial charge on any atom is 0.238 e. The minimum absolute atomic E-state index is 0.0966. The van der Waals surface area contributed by atoms with E-state index in [1.54, 1.807) is 24.3 Å². The van der Waals surface area contributed by atoms with Crippen LogP contribution in [0.15, 0.2) is 48.7 Å². The molecule has 4 unspecified atom stereocenters. The molecule has 162 valence electrons. The maximum atomic E-state index is 13.2. The molecule has 8 heteroatoms. The molecule has 2 amide bonds. The summed E-state index contributed by atoms with van der Waals surface area (Å²) >= 11 is 11.7. The number of carbonyl (C=O) groups is 3. The monoisotopic (exact) mass is 468 g/mol. The Morgan fingerprint density at radius 3 is 2.25 bits per heavy atom. The first-order chi connectivity index (χ1) is 15.4. The third-order valence-corrected chi connectivity index (χ3v) is 7.93. The van der Waals surface area contributed by atoms with E-state index in [2.05, 4.69) is 17.1 Å². The van der Waals surface area contributed by atoms with Crippen molar-refractivity contribution in [3.05, 3.63) is 64.4 Å². The number of hydrogen-bond acceptors (Lipinski definition) is 5. The maximum absolute atomic E-state index is 13.2. The first-order valence-corrected chi connectivity index (χ1v) is 11.3. The molecule has 5 aliphatic rings. The number of carbonyl (C=O) groups excluding carboxylic acids is 3. The lowest BCUT2D eigenvalue weighted by molar-refractivity contribution is -0.124. The summed E-state index contributed by atoms with van der Waals surface area (Å²) in [6.45, 7) is -0.206. The van der Waals surface area contributed by atoms with E-state index in [-0.39, 0.29) is 58.1 Å². The average molecular weight is 469 g/mol.